The lowest BCUT2D eigenvalue weighted by atomic mass is 10.1. The van der Waals surface area contributed by atoms with Gasteiger partial charge in [-0.1, -0.05) is 47.8 Å². The Morgan fingerprint density at radius 1 is 1.19 bits per heavy atom. The third-order valence-electron chi connectivity index (χ3n) is 4.31. The van der Waals surface area contributed by atoms with E-state index >= 15 is 0 Å². The van der Waals surface area contributed by atoms with Crippen molar-refractivity contribution >= 4 is 63.0 Å². The van der Waals surface area contributed by atoms with E-state index in [0.29, 0.717) is 22.6 Å². The second-order valence-corrected chi connectivity index (χ2v) is 9.69. The summed E-state index contributed by atoms with van der Waals surface area (Å²) >= 11 is 4.79. The molecule has 1 aliphatic heterocycles. The first-order valence-electron chi connectivity index (χ1n) is 9.52. The summed E-state index contributed by atoms with van der Waals surface area (Å²) < 4.78 is 6.34. The van der Waals surface area contributed by atoms with E-state index in [-0.39, 0.29) is 18.3 Å². The van der Waals surface area contributed by atoms with E-state index in [2.05, 4.69) is 10.3 Å². The van der Waals surface area contributed by atoms with Crippen LogP contribution in [-0.4, -0.2) is 47.2 Å². The van der Waals surface area contributed by atoms with Crippen LogP contribution in [0.5, 0.6) is 0 Å². The molecule has 2 aromatic carbocycles. The first-order valence-corrected chi connectivity index (χ1v) is 12.7. The number of esters is 1. The minimum atomic E-state index is -0.534. The molecule has 162 valence electrons. The molecule has 0 spiro atoms. The fourth-order valence-corrected chi connectivity index (χ4v) is 5.40. The largest absolute Gasteiger partial charge is 0.454 e. The number of Topliss-reactive ketones (excluding diaryl/α,β-unsaturated/α-hetero) is 1. The quantitative estimate of drug-likeness (QED) is 0.336. The van der Waals surface area contributed by atoms with Crippen LogP contribution >= 0.6 is 35.3 Å². The molecule has 0 atom stereocenters. The Labute approximate surface area is 194 Å². The molecule has 0 saturated carbocycles. The summed E-state index contributed by atoms with van der Waals surface area (Å²) in [6.45, 7) is 1.87. The van der Waals surface area contributed by atoms with Gasteiger partial charge in [-0.3, -0.25) is 14.6 Å². The van der Waals surface area contributed by atoms with Crippen LogP contribution < -0.4 is 5.32 Å². The number of nitrogens with zero attached hydrogens (tertiary/aromatic N) is 1. The number of ketones is 1. The molecule has 2 aromatic rings. The number of rotatable bonds is 8. The maximum Gasteiger partial charge on any atom is 0.338 e. The van der Waals surface area contributed by atoms with E-state index in [0.717, 1.165) is 27.1 Å². The fourth-order valence-electron chi connectivity index (χ4n) is 2.85. The zero-order valence-corrected chi connectivity index (χ0v) is 19.6. The normalized spacial score (nSPS) is 12.9. The third kappa shape index (κ3) is 6.62. The number of benzene rings is 2. The molecule has 0 radical (unpaired) electrons. The van der Waals surface area contributed by atoms with Gasteiger partial charge >= 0.3 is 5.97 Å². The highest BCUT2D eigenvalue weighted by molar-refractivity contribution is 8.38. The Kier molecular flexibility index (Phi) is 8.62. The van der Waals surface area contributed by atoms with Crippen molar-refractivity contribution < 1.29 is 19.1 Å². The van der Waals surface area contributed by atoms with Gasteiger partial charge in [0.25, 0.3) is 0 Å². The van der Waals surface area contributed by atoms with Crippen LogP contribution in [0.15, 0.2) is 52.4 Å². The molecule has 0 aliphatic carbocycles. The van der Waals surface area contributed by atoms with E-state index in [9.17, 15) is 14.4 Å². The standard InChI is InChI=1S/C22H22N2O4S3/c1-14(25)24-18-11-15(7-8-20(18)29-2)19(26)12-28-21(27)17-6-4-3-5-16(17)13-31-22-23-9-10-30-22/h3-8,11H,9-10,12-13H2,1-2H3,(H,24,25). The average molecular weight is 475 g/mol. The smallest absolute Gasteiger partial charge is 0.338 e. The molecular formula is C22H22N2O4S3. The van der Waals surface area contributed by atoms with Crippen molar-refractivity contribution in [1.29, 1.82) is 0 Å². The predicted molar refractivity (Wildman–Crippen MR) is 130 cm³/mol. The molecule has 6 nitrogen and oxygen atoms in total. The van der Waals surface area contributed by atoms with Crippen molar-refractivity contribution in [1.82, 2.24) is 0 Å². The van der Waals surface area contributed by atoms with Gasteiger partial charge in [-0.15, -0.1) is 11.8 Å². The lowest BCUT2D eigenvalue weighted by Gasteiger charge is -2.11. The Hall–Kier alpha value is -2.23. The number of carbonyl (C=O) groups excluding carboxylic acids is 3. The molecule has 0 fully saturated rings. The second kappa shape index (κ2) is 11.4. The topological polar surface area (TPSA) is 84.8 Å². The molecule has 0 aromatic heterocycles. The van der Waals surface area contributed by atoms with Crippen LogP contribution in [0.3, 0.4) is 0 Å². The number of thioether (sulfide) groups is 3. The van der Waals surface area contributed by atoms with Gasteiger partial charge in [0, 0.05) is 28.9 Å². The van der Waals surface area contributed by atoms with Gasteiger partial charge in [0.05, 0.1) is 17.8 Å². The van der Waals surface area contributed by atoms with Crippen LogP contribution in [0.25, 0.3) is 0 Å². The summed E-state index contributed by atoms with van der Waals surface area (Å²) in [5.74, 6) is 0.518. The maximum atomic E-state index is 12.6. The van der Waals surface area contributed by atoms with Crippen molar-refractivity contribution in [3.05, 3.63) is 59.2 Å². The van der Waals surface area contributed by atoms with Gasteiger partial charge in [0.15, 0.2) is 12.4 Å². The van der Waals surface area contributed by atoms with E-state index in [1.165, 1.54) is 18.7 Å². The molecule has 0 unspecified atom stereocenters. The van der Waals surface area contributed by atoms with Gasteiger partial charge in [-0.05, 0) is 30.0 Å². The molecule has 1 amide bonds. The highest BCUT2D eigenvalue weighted by Gasteiger charge is 2.17. The lowest BCUT2D eigenvalue weighted by molar-refractivity contribution is -0.114. The summed E-state index contributed by atoms with van der Waals surface area (Å²) in [5.41, 5.74) is 2.22. The lowest BCUT2D eigenvalue weighted by Crippen LogP contribution is -2.16. The molecule has 1 heterocycles. The maximum absolute atomic E-state index is 12.6. The third-order valence-corrected chi connectivity index (χ3v) is 7.41. The second-order valence-electron chi connectivity index (χ2n) is 6.54. The highest BCUT2D eigenvalue weighted by Crippen LogP contribution is 2.28. The Balaban J connectivity index is 1.64. The molecular weight excluding hydrogens is 452 g/mol. The van der Waals surface area contributed by atoms with Crippen LogP contribution in [-0.2, 0) is 15.3 Å². The SMILES string of the molecule is CSc1ccc(C(=O)COC(=O)c2ccccc2CSC2=NCCS2)cc1NC(C)=O. The minimum absolute atomic E-state index is 0.220. The number of amides is 1. The van der Waals surface area contributed by atoms with Crippen LogP contribution in [0.2, 0.25) is 0 Å². The molecule has 3 rings (SSSR count). The Morgan fingerprint density at radius 3 is 2.71 bits per heavy atom. The molecule has 0 bridgehead atoms. The van der Waals surface area contributed by atoms with E-state index < -0.39 is 5.97 Å². The number of hydrogen-bond donors (Lipinski definition) is 1. The zero-order chi connectivity index (χ0) is 22.2. The van der Waals surface area contributed by atoms with Crippen LogP contribution in [0.4, 0.5) is 5.69 Å². The molecule has 1 aliphatic rings. The monoisotopic (exact) mass is 474 g/mol. The van der Waals surface area contributed by atoms with E-state index in [1.807, 2.05) is 18.4 Å². The van der Waals surface area contributed by atoms with Gasteiger partial charge in [-0.25, -0.2) is 4.79 Å². The first-order chi connectivity index (χ1) is 15.0. The molecule has 9 heteroatoms. The fraction of sp³-hybridized carbons (Fsp3) is 0.273. The zero-order valence-electron chi connectivity index (χ0n) is 17.2. The van der Waals surface area contributed by atoms with Crippen LogP contribution in [0, 0.1) is 0 Å². The van der Waals surface area contributed by atoms with Crippen molar-refractivity contribution in [2.75, 3.05) is 30.5 Å². The predicted octanol–water partition coefficient (Wildman–Crippen LogP) is 4.74. The number of hydrogen-bond acceptors (Lipinski definition) is 8. The molecule has 31 heavy (non-hydrogen) atoms. The van der Waals surface area contributed by atoms with Gasteiger partial charge in [-0.2, -0.15) is 0 Å². The summed E-state index contributed by atoms with van der Waals surface area (Å²) in [6, 6.07) is 12.3. The number of carbonyl (C=O) groups is 3. The molecule has 0 saturated heterocycles. The van der Waals surface area contributed by atoms with Gasteiger partial charge in [0.1, 0.15) is 4.38 Å². The van der Waals surface area contributed by atoms with E-state index in [4.69, 9.17) is 4.74 Å². The summed E-state index contributed by atoms with van der Waals surface area (Å²) in [5, 5.41) is 2.72. The van der Waals surface area contributed by atoms with Gasteiger partial charge < -0.3 is 10.1 Å². The average Bonchev–Trinajstić information content (AvgIpc) is 3.29. The summed E-state index contributed by atoms with van der Waals surface area (Å²) in [7, 11) is 0. The number of anilines is 1. The first kappa shape index (κ1) is 23.4. The summed E-state index contributed by atoms with van der Waals surface area (Å²) in [6.07, 6.45) is 1.89. The van der Waals surface area contributed by atoms with Crippen LogP contribution in [0.1, 0.15) is 33.2 Å². The minimum Gasteiger partial charge on any atom is -0.454 e. The van der Waals surface area contributed by atoms with E-state index in [1.54, 1.807) is 53.9 Å². The number of aliphatic imine (C=N–C) groups is 1. The van der Waals surface area contributed by atoms with Crippen molar-refractivity contribution in [2.45, 2.75) is 17.6 Å². The molecule has 1 N–H and O–H groups in total. The van der Waals surface area contributed by atoms with Gasteiger partial charge in [0.2, 0.25) is 5.91 Å². The van der Waals surface area contributed by atoms with Crippen molar-refractivity contribution in [3.63, 3.8) is 0 Å². The Bertz CT molecular complexity index is 1020. The summed E-state index contributed by atoms with van der Waals surface area (Å²) in [4.78, 5) is 41.9. The Morgan fingerprint density at radius 2 is 2.00 bits per heavy atom. The van der Waals surface area contributed by atoms with Crippen molar-refractivity contribution in [2.24, 2.45) is 4.99 Å². The highest BCUT2D eigenvalue weighted by atomic mass is 32.2. The number of ether oxygens (including phenoxy) is 1. The number of nitrogens with one attached hydrogen (secondary N) is 1. The van der Waals surface area contributed by atoms with Crippen molar-refractivity contribution in [3.8, 4) is 0 Å².